The molecule has 1 aliphatic rings. The average molecular weight is 560 g/mol. The molecule has 0 atom stereocenters. The Morgan fingerprint density at radius 2 is 1.23 bits per heavy atom. The van der Waals surface area contributed by atoms with Gasteiger partial charge >= 0.3 is 83.0 Å². The smallest absolute Gasteiger partial charge is 0.00506 e. The van der Waals surface area contributed by atoms with Crippen molar-refractivity contribution in [2.75, 3.05) is 0 Å². The van der Waals surface area contributed by atoms with Gasteiger partial charge in [0.2, 0.25) is 0 Å². The van der Waals surface area contributed by atoms with Crippen LogP contribution >= 0.6 is 61.0 Å². The second-order valence-electron chi connectivity index (χ2n) is 1.86. The van der Waals surface area contributed by atoms with Gasteiger partial charge in [-0.05, 0) is 0 Å². The Kier molecular flexibility index (Phi) is 6.91. The van der Waals surface area contributed by atoms with E-state index >= 15 is 0 Å². The minimum atomic E-state index is -2.66. The molecule has 0 unspecified atom stereocenters. The molecule has 0 saturated carbocycles. The largest absolute Gasteiger partial charge is 0.0767 e. The Hall–Kier alpha value is 1.53. The van der Waals surface area contributed by atoms with Gasteiger partial charge in [0.1, 0.15) is 0 Å². The van der Waals surface area contributed by atoms with Crippen LogP contribution in [0.25, 0.3) is 0 Å². The fraction of sp³-hybridized carbons (Fsp3) is 0. The van der Waals surface area contributed by atoms with Crippen LogP contribution in [0.15, 0.2) is 24.3 Å². The monoisotopic (exact) mass is 560 g/mol. The van der Waals surface area contributed by atoms with Gasteiger partial charge in [-0.15, -0.1) is 0 Å². The molecule has 0 spiro atoms. The third kappa shape index (κ3) is 8.52. The molecule has 0 heterocycles. The molecule has 0 fully saturated rings. The molecule has 1 radical (unpaired) electrons. The zero-order chi connectivity index (χ0) is 10.4. The summed E-state index contributed by atoms with van der Waals surface area (Å²) in [7, 11) is 0. The van der Waals surface area contributed by atoms with E-state index in [2.05, 4.69) is 0 Å². The van der Waals surface area contributed by atoms with E-state index in [1.807, 2.05) is 91.8 Å². The molecule has 0 aliphatic heterocycles. The van der Waals surface area contributed by atoms with Crippen molar-refractivity contribution in [1.82, 2.24) is 0 Å². The topological polar surface area (TPSA) is 34.1 Å². The number of allylic oxidation sites excluding steroid dienone is 4. The Balaban J connectivity index is 0.000000243. The molecule has 0 N–H and O–H groups in total. The van der Waals surface area contributed by atoms with Crippen molar-refractivity contribution in [1.29, 1.82) is 0 Å². The van der Waals surface area contributed by atoms with Crippen LogP contribution < -0.4 is 0 Å². The molecule has 1 aliphatic carbocycles. The zero-order valence-corrected chi connectivity index (χ0v) is 13.9. The predicted octanol–water partition coefficient (Wildman–Crippen LogP) is 3.42. The molecule has 6 heteroatoms. The van der Waals surface area contributed by atoms with Gasteiger partial charge in [0.25, 0.3) is 0 Å². The van der Waals surface area contributed by atoms with Crippen LogP contribution in [-0.4, -0.2) is 10.4 Å². The Morgan fingerprint density at radius 1 is 0.846 bits per heavy atom. The number of carbonyl (C=O) groups is 2. The summed E-state index contributed by atoms with van der Waals surface area (Å²) in [5.74, 6) is 0. The van der Waals surface area contributed by atoms with Crippen molar-refractivity contribution in [3.63, 3.8) is 0 Å². The summed E-state index contributed by atoms with van der Waals surface area (Å²) >= 11 is 5.75. The third-order valence-corrected chi connectivity index (χ3v) is 6.18. The van der Waals surface area contributed by atoms with E-state index < -0.39 is 2.04 Å². The van der Waals surface area contributed by atoms with Gasteiger partial charge in [-0.3, -0.25) is 0 Å². The van der Waals surface area contributed by atoms with Gasteiger partial charge < -0.3 is 0 Å². The predicted molar refractivity (Wildman–Crippen MR) is 78.1 cm³/mol. The van der Waals surface area contributed by atoms with Crippen LogP contribution in [0.2, 0.25) is 0 Å². The number of rotatable bonds is 2. The summed E-state index contributed by atoms with van der Waals surface area (Å²) in [4.78, 5) is 20.4. The molecule has 1 rings (SSSR count). The zero-order valence-electron chi connectivity index (χ0n) is 6.35. The van der Waals surface area contributed by atoms with Crippen LogP contribution in [-0.2, 0) is 11.6 Å². The molecule has 0 aromatic heterocycles. The third-order valence-electron chi connectivity index (χ3n) is 0.841. The van der Waals surface area contributed by atoms with Crippen molar-refractivity contribution < 1.29 is 11.6 Å². The number of carbonyl (C=O) groups excluding carboxylic acids is 2. The minimum Gasteiger partial charge on any atom is -0.0767 e. The van der Waals surface area contributed by atoms with E-state index in [9.17, 15) is 9.59 Å². The first-order chi connectivity index (χ1) is 5.89. The maximum Gasteiger partial charge on any atom is 0.00506 e. The minimum absolute atomic E-state index is 0.748. The first-order valence-corrected chi connectivity index (χ1v) is 14.9. The van der Waals surface area contributed by atoms with Crippen LogP contribution in [0.1, 0.15) is 0 Å². The van der Waals surface area contributed by atoms with Crippen LogP contribution in [0.3, 0.4) is 0 Å². The van der Waals surface area contributed by atoms with Crippen molar-refractivity contribution in [2.24, 2.45) is 0 Å². The standard InChI is InChI=1S/C5H5.2CHO.Fe.3HI/c1-2-4-5-3-1;2*1-2;;;;/h1-5H;2*1H;;3*1H/q;;;+3;;;/p-3. The van der Waals surface area contributed by atoms with Crippen molar-refractivity contribution in [2.45, 2.75) is 0 Å². The van der Waals surface area contributed by atoms with Crippen molar-refractivity contribution in [3.8, 4) is 0 Å². The summed E-state index contributed by atoms with van der Waals surface area (Å²) in [6, 6.07) is 0. The van der Waals surface area contributed by atoms with E-state index in [4.69, 9.17) is 0 Å². The van der Waals surface area contributed by atoms with Crippen LogP contribution in [0.4, 0.5) is 0 Å². The Labute approximate surface area is 112 Å². The number of hydrogen-bond donors (Lipinski definition) is 0. The molecular formula is C7H7FeI3O2. The molecule has 0 aromatic rings. The normalized spacial score (nSPS) is 16.7. The van der Waals surface area contributed by atoms with Gasteiger partial charge in [0.15, 0.2) is 0 Å². The fourth-order valence-corrected chi connectivity index (χ4v) is 0.402. The summed E-state index contributed by atoms with van der Waals surface area (Å²) < 4.78 is -2.66. The second kappa shape index (κ2) is 6.19. The van der Waals surface area contributed by atoms with Gasteiger partial charge in [0.05, 0.1) is 0 Å². The molecular weight excluding hydrogens is 553 g/mol. The summed E-state index contributed by atoms with van der Waals surface area (Å²) in [5.41, 5.74) is 0. The molecule has 0 aromatic carbocycles. The van der Waals surface area contributed by atoms with Crippen LogP contribution in [0.5, 0.6) is 0 Å². The second-order valence-corrected chi connectivity index (χ2v) is 43.1. The van der Waals surface area contributed by atoms with E-state index in [1.165, 1.54) is 0 Å². The molecule has 0 saturated heterocycles. The van der Waals surface area contributed by atoms with Crippen molar-refractivity contribution in [3.05, 3.63) is 30.7 Å². The summed E-state index contributed by atoms with van der Waals surface area (Å²) in [6.45, 7) is 0. The SMILES string of the molecule is O=[CH][Fe]([I])([I])([I])[CH]=O.[CH]1C=CC=C1. The Bertz CT molecular complexity index is 230. The number of hydrogen-bond acceptors (Lipinski definition) is 2. The number of halogens is 3. The van der Waals surface area contributed by atoms with E-state index in [1.54, 1.807) is 0 Å². The maximum absolute atomic E-state index is 10.2. The van der Waals surface area contributed by atoms with Gasteiger partial charge in [-0.1, -0.05) is 24.3 Å². The van der Waals surface area contributed by atoms with E-state index in [0.717, 1.165) is 10.4 Å². The maximum atomic E-state index is 10.2. The molecule has 13 heavy (non-hydrogen) atoms. The molecule has 0 amide bonds. The quantitative estimate of drug-likeness (QED) is 0.295. The van der Waals surface area contributed by atoms with Crippen LogP contribution in [0, 0.1) is 6.42 Å². The fourth-order valence-electron chi connectivity index (χ4n) is 0.340. The first-order valence-electron chi connectivity index (χ1n) is 2.95. The van der Waals surface area contributed by atoms with Crippen molar-refractivity contribution >= 4 is 71.4 Å². The van der Waals surface area contributed by atoms with E-state index in [-0.39, 0.29) is 0 Å². The van der Waals surface area contributed by atoms with Gasteiger partial charge in [-0.25, -0.2) is 0 Å². The first kappa shape index (κ1) is 14.5. The average Bonchev–Trinajstić information content (AvgIpc) is 2.61. The molecule has 76 valence electrons. The Morgan fingerprint density at radius 3 is 1.31 bits per heavy atom. The molecule has 2 nitrogen and oxygen atoms in total. The summed E-state index contributed by atoms with van der Waals surface area (Å²) in [6.07, 6.45) is 10.0. The van der Waals surface area contributed by atoms with Gasteiger partial charge in [0, 0.05) is 6.42 Å². The summed E-state index contributed by atoms with van der Waals surface area (Å²) in [5, 5.41) is 1.50. The molecule has 0 bridgehead atoms. The van der Waals surface area contributed by atoms with Gasteiger partial charge in [-0.2, -0.15) is 0 Å². The van der Waals surface area contributed by atoms with E-state index in [0.29, 0.717) is 0 Å².